The second-order valence-corrected chi connectivity index (χ2v) is 3.61. The normalized spacial score (nSPS) is 13.8. The van der Waals surface area contributed by atoms with Crippen LogP contribution in [0.2, 0.25) is 0 Å². The zero-order valence-electron chi connectivity index (χ0n) is 9.13. The molecular weight excluding hydrogens is 160 g/mol. The average molecular weight is 184 g/mol. The van der Waals surface area contributed by atoms with Crippen molar-refractivity contribution in [2.24, 2.45) is 0 Å². The number of hydrogen-bond donors (Lipinski definition) is 1. The minimum absolute atomic E-state index is 0.226. The second kappa shape index (κ2) is 9.79. The minimum Gasteiger partial charge on any atom is -0.389 e. The number of unbranched alkanes of at least 4 members (excludes halogenated alkanes) is 5. The van der Waals surface area contributed by atoms with E-state index in [9.17, 15) is 5.11 Å². The molecule has 0 aliphatic heterocycles. The molecule has 0 aliphatic rings. The summed E-state index contributed by atoms with van der Waals surface area (Å²) in [4.78, 5) is 0. The van der Waals surface area contributed by atoms with Crippen molar-refractivity contribution in [3.05, 3.63) is 12.2 Å². The Hall–Kier alpha value is -0.300. The molecule has 0 aliphatic carbocycles. The van der Waals surface area contributed by atoms with E-state index in [1.165, 1.54) is 32.1 Å². The predicted molar refractivity (Wildman–Crippen MR) is 58.8 cm³/mol. The second-order valence-electron chi connectivity index (χ2n) is 3.61. The lowest BCUT2D eigenvalue weighted by Crippen LogP contribution is -1.97. The van der Waals surface area contributed by atoms with Crippen LogP contribution in [0.25, 0.3) is 0 Å². The summed E-state index contributed by atoms with van der Waals surface area (Å²) in [5, 5.41) is 9.21. The van der Waals surface area contributed by atoms with Crippen molar-refractivity contribution in [2.45, 2.75) is 64.9 Å². The summed E-state index contributed by atoms with van der Waals surface area (Å²) < 4.78 is 0. The summed E-state index contributed by atoms with van der Waals surface area (Å²) in [6, 6.07) is 0. The van der Waals surface area contributed by atoms with Crippen LogP contribution in [0.5, 0.6) is 0 Å². The molecule has 0 spiro atoms. The van der Waals surface area contributed by atoms with E-state index in [0.29, 0.717) is 0 Å². The van der Waals surface area contributed by atoms with E-state index in [2.05, 4.69) is 13.0 Å². The summed E-state index contributed by atoms with van der Waals surface area (Å²) in [5.41, 5.74) is 0. The third kappa shape index (κ3) is 9.62. The van der Waals surface area contributed by atoms with Crippen molar-refractivity contribution in [2.75, 3.05) is 0 Å². The Morgan fingerprint density at radius 2 is 1.77 bits per heavy atom. The number of allylic oxidation sites excluding steroid dienone is 1. The number of hydrogen-bond acceptors (Lipinski definition) is 1. The van der Waals surface area contributed by atoms with E-state index >= 15 is 0 Å². The topological polar surface area (TPSA) is 20.2 Å². The van der Waals surface area contributed by atoms with Crippen LogP contribution in [0, 0.1) is 0 Å². The largest absolute Gasteiger partial charge is 0.389 e. The molecule has 1 N–H and O–H groups in total. The van der Waals surface area contributed by atoms with E-state index in [0.717, 1.165) is 12.8 Å². The van der Waals surface area contributed by atoms with Crippen molar-refractivity contribution >= 4 is 0 Å². The summed E-state index contributed by atoms with van der Waals surface area (Å²) in [6.45, 7) is 4.23. The Morgan fingerprint density at radius 1 is 1.08 bits per heavy atom. The molecule has 0 aromatic heterocycles. The highest BCUT2D eigenvalue weighted by Crippen LogP contribution is 2.05. The van der Waals surface area contributed by atoms with Crippen LogP contribution in [0.4, 0.5) is 0 Å². The molecule has 1 atom stereocenters. The van der Waals surface area contributed by atoms with Crippen LogP contribution in [0.15, 0.2) is 12.2 Å². The maximum absolute atomic E-state index is 9.21. The average Bonchev–Trinajstić information content (AvgIpc) is 2.16. The van der Waals surface area contributed by atoms with Crippen LogP contribution >= 0.6 is 0 Å². The van der Waals surface area contributed by atoms with E-state index in [1.54, 1.807) is 0 Å². The molecule has 1 unspecified atom stereocenters. The number of aliphatic hydroxyl groups is 1. The van der Waals surface area contributed by atoms with Crippen LogP contribution in [0.3, 0.4) is 0 Å². The summed E-state index contributed by atoms with van der Waals surface area (Å²) in [5.74, 6) is 0. The van der Waals surface area contributed by atoms with Gasteiger partial charge in [0.1, 0.15) is 0 Å². The van der Waals surface area contributed by atoms with Crippen molar-refractivity contribution in [1.82, 2.24) is 0 Å². The van der Waals surface area contributed by atoms with Gasteiger partial charge in [-0.05, 0) is 19.3 Å². The first-order valence-electron chi connectivity index (χ1n) is 5.66. The highest BCUT2D eigenvalue weighted by Gasteiger charge is 1.91. The lowest BCUT2D eigenvalue weighted by molar-refractivity contribution is 0.219. The lowest BCUT2D eigenvalue weighted by Gasteiger charge is -1.99. The number of aliphatic hydroxyl groups excluding tert-OH is 1. The molecule has 0 saturated heterocycles. The molecule has 13 heavy (non-hydrogen) atoms. The zero-order valence-corrected chi connectivity index (χ0v) is 9.13. The summed E-state index contributed by atoms with van der Waals surface area (Å²) in [7, 11) is 0. The molecule has 0 aromatic carbocycles. The maximum Gasteiger partial charge on any atom is 0.0718 e. The van der Waals surface area contributed by atoms with Gasteiger partial charge >= 0.3 is 0 Å². The first kappa shape index (κ1) is 12.7. The van der Waals surface area contributed by atoms with Crippen molar-refractivity contribution in [3.63, 3.8) is 0 Å². The van der Waals surface area contributed by atoms with Gasteiger partial charge in [0.2, 0.25) is 0 Å². The van der Waals surface area contributed by atoms with Crippen molar-refractivity contribution in [1.29, 1.82) is 0 Å². The van der Waals surface area contributed by atoms with E-state index < -0.39 is 0 Å². The van der Waals surface area contributed by atoms with Gasteiger partial charge in [-0.1, -0.05) is 51.7 Å². The first-order chi connectivity index (χ1) is 6.31. The van der Waals surface area contributed by atoms with Crippen LogP contribution in [0.1, 0.15) is 58.8 Å². The monoisotopic (exact) mass is 184 g/mol. The van der Waals surface area contributed by atoms with Gasteiger partial charge in [-0.2, -0.15) is 0 Å². The van der Waals surface area contributed by atoms with Gasteiger partial charge in [0, 0.05) is 0 Å². The van der Waals surface area contributed by atoms with Crippen LogP contribution in [-0.4, -0.2) is 11.2 Å². The molecule has 0 saturated carbocycles. The molecule has 0 heterocycles. The SMILES string of the molecule is CCCCCCCC=CC(O)CC. The van der Waals surface area contributed by atoms with E-state index in [-0.39, 0.29) is 6.10 Å². The van der Waals surface area contributed by atoms with Gasteiger partial charge in [0.25, 0.3) is 0 Å². The molecule has 1 nitrogen and oxygen atoms in total. The Balaban J connectivity index is 3.10. The van der Waals surface area contributed by atoms with Gasteiger partial charge in [-0.15, -0.1) is 0 Å². The molecule has 0 aromatic rings. The Bertz CT molecular complexity index is 118. The first-order valence-corrected chi connectivity index (χ1v) is 5.66. The standard InChI is InChI=1S/C12H24O/c1-3-5-6-7-8-9-10-11-12(13)4-2/h10-13H,3-9H2,1-2H3. The smallest absolute Gasteiger partial charge is 0.0718 e. The lowest BCUT2D eigenvalue weighted by atomic mass is 10.1. The fourth-order valence-corrected chi connectivity index (χ4v) is 1.26. The molecule has 0 radical (unpaired) electrons. The molecule has 1 heteroatoms. The Morgan fingerprint density at radius 3 is 2.38 bits per heavy atom. The van der Waals surface area contributed by atoms with E-state index in [1.807, 2.05) is 13.0 Å². The molecule has 0 rings (SSSR count). The summed E-state index contributed by atoms with van der Waals surface area (Å²) >= 11 is 0. The molecule has 0 bridgehead atoms. The molecule has 78 valence electrons. The predicted octanol–water partition coefficient (Wildman–Crippen LogP) is 3.67. The molecular formula is C12H24O. The van der Waals surface area contributed by atoms with Crippen molar-refractivity contribution in [3.8, 4) is 0 Å². The quantitative estimate of drug-likeness (QED) is 0.451. The Labute approximate surface area is 82.9 Å². The van der Waals surface area contributed by atoms with Gasteiger partial charge in [0.05, 0.1) is 6.10 Å². The fourth-order valence-electron chi connectivity index (χ4n) is 1.26. The molecule has 0 amide bonds. The van der Waals surface area contributed by atoms with Gasteiger partial charge < -0.3 is 5.11 Å². The zero-order chi connectivity index (χ0) is 9.94. The van der Waals surface area contributed by atoms with Gasteiger partial charge in [-0.3, -0.25) is 0 Å². The van der Waals surface area contributed by atoms with Gasteiger partial charge in [0.15, 0.2) is 0 Å². The maximum atomic E-state index is 9.21. The van der Waals surface area contributed by atoms with Crippen LogP contribution in [-0.2, 0) is 0 Å². The number of rotatable bonds is 8. The highest BCUT2D eigenvalue weighted by atomic mass is 16.3. The third-order valence-electron chi connectivity index (χ3n) is 2.25. The third-order valence-corrected chi connectivity index (χ3v) is 2.25. The minimum atomic E-state index is -0.226. The molecule has 0 fully saturated rings. The van der Waals surface area contributed by atoms with Gasteiger partial charge in [-0.25, -0.2) is 0 Å². The van der Waals surface area contributed by atoms with E-state index in [4.69, 9.17) is 0 Å². The fraction of sp³-hybridized carbons (Fsp3) is 0.833. The van der Waals surface area contributed by atoms with Crippen molar-refractivity contribution < 1.29 is 5.11 Å². The highest BCUT2D eigenvalue weighted by molar-refractivity contribution is 4.87. The summed E-state index contributed by atoms with van der Waals surface area (Å²) in [6.07, 6.45) is 12.4. The Kier molecular flexibility index (Phi) is 9.56. The van der Waals surface area contributed by atoms with Crippen LogP contribution < -0.4 is 0 Å².